The maximum atomic E-state index is 12.2. The fourth-order valence-corrected chi connectivity index (χ4v) is 3.20. The monoisotopic (exact) mass is 289 g/mol. The molecular weight excluding hydrogens is 266 g/mol. The molecule has 5 heteroatoms. The smallest absolute Gasteiger partial charge is 0.224 e. The fourth-order valence-electron chi connectivity index (χ4n) is 3.20. The van der Waals surface area contributed by atoms with Gasteiger partial charge in [0.05, 0.1) is 12.2 Å². The minimum atomic E-state index is 0.0525. The van der Waals surface area contributed by atoms with Crippen LogP contribution >= 0.6 is 0 Å². The highest BCUT2D eigenvalue weighted by Gasteiger charge is 2.26. The summed E-state index contributed by atoms with van der Waals surface area (Å²) in [6, 6.07) is 5.96. The van der Waals surface area contributed by atoms with Crippen molar-refractivity contribution in [3.63, 3.8) is 0 Å². The summed E-state index contributed by atoms with van der Waals surface area (Å²) in [7, 11) is 2.03. The summed E-state index contributed by atoms with van der Waals surface area (Å²) >= 11 is 0. The number of fused-ring (bicyclic) bond motifs is 1. The van der Waals surface area contributed by atoms with Gasteiger partial charge in [-0.2, -0.15) is 0 Å². The second-order valence-electron chi connectivity index (χ2n) is 6.06. The van der Waals surface area contributed by atoms with E-state index in [1.165, 1.54) is 0 Å². The van der Waals surface area contributed by atoms with Crippen molar-refractivity contribution in [1.29, 1.82) is 0 Å². The van der Waals surface area contributed by atoms with Crippen LogP contribution in [0.25, 0.3) is 0 Å². The van der Waals surface area contributed by atoms with Crippen molar-refractivity contribution in [2.45, 2.75) is 31.7 Å². The lowest BCUT2D eigenvalue weighted by atomic mass is 10.00. The molecule has 5 nitrogen and oxygen atoms in total. The number of hydrogen-bond acceptors (Lipinski definition) is 4. The topological polar surface area (TPSA) is 67.6 Å². The van der Waals surface area contributed by atoms with Crippen molar-refractivity contribution in [2.24, 2.45) is 11.7 Å². The quantitative estimate of drug-likeness (QED) is 0.893. The number of rotatable bonds is 3. The fraction of sp³-hybridized carbons (Fsp3) is 0.562. The van der Waals surface area contributed by atoms with Crippen molar-refractivity contribution in [3.05, 3.63) is 18.2 Å². The van der Waals surface area contributed by atoms with Gasteiger partial charge in [0, 0.05) is 25.2 Å². The van der Waals surface area contributed by atoms with Crippen LogP contribution in [0.5, 0.6) is 5.75 Å². The van der Waals surface area contributed by atoms with Crippen molar-refractivity contribution in [3.8, 4) is 5.75 Å². The summed E-state index contributed by atoms with van der Waals surface area (Å²) in [4.78, 5) is 14.3. The highest BCUT2D eigenvalue weighted by Crippen LogP contribution is 2.33. The Morgan fingerprint density at radius 3 is 3.10 bits per heavy atom. The van der Waals surface area contributed by atoms with Crippen LogP contribution in [0, 0.1) is 5.92 Å². The Morgan fingerprint density at radius 2 is 2.33 bits per heavy atom. The molecule has 0 saturated heterocycles. The Kier molecular flexibility index (Phi) is 4.01. The third-order valence-corrected chi connectivity index (χ3v) is 4.50. The number of nitrogens with zero attached hydrogens (tertiary/aromatic N) is 1. The molecule has 1 fully saturated rings. The molecule has 0 radical (unpaired) electrons. The molecule has 2 atom stereocenters. The van der Waals surface area contributed by atoms with E-state index in [0.717, 1.165) is 42.9 Å². The maximum absolute atomic E-state index is 12.2. The number of carbonyl (C=O) groups excluding carboxylic acids is 1. The van der Waals surface area contributed by atoms with E-state index >= 15 is 0 Å². The second-order valence-corrected chi connectivity index (χ2v) is 6.06. The van der Waals surface area contributed by atoms with Crippen LogP contribution in [0.2, 0.25) is 0 Å². The van der Waals surface area contributed by atoms with Crippen LogP contribution in [-0.2, 0) is 4.79 Å². The number of hydrogen-bond donors (Lipinski definition) is 2. The van der Waals surface area contributed by atoms with E-state index in [0.29, 0.717) is 18.9 Å². The van der Waals surface area contributed by atoms with Crippen LogP contribution in [0.4, 0.5) is 11.4 Å². The summed E-state index contributed by atoms with van der Waals surface area (Å²) in [6.07, 6.45) is 3.76. The molecule has 1 saturated carbocycles. The van der Waals surface area contributed by atoms with E-state index in [1.54, 1.807) is 0 Å². The maximum Gasteiger partial charge on any atom is 0.224 e. The molecule has 1 amide bonds. The summed E-state index contributed by atoms with van der Waals surface area (Å²) in [5, 5.41) is 2.98. The third kappa shape index (κ3) is 3.13. The zero-order valence-electron chi connectivity index (χ0n) is 12.5. The van der Waals surface area contributed by atoms with Gasteiger partial charge in [0.2, 0.25) is 5.91 Å². The van der Waals surface area contributed by atoms with E-state index in [2.05, 4.69) is 10.2 Å². The number of likely N-dealkylation sites (N-methyl/N-ethyl adjacent to an activating group) is 1. The zero-order valence-corrected chi connectivity index (χ0v) is 12.5. The van der Waals surface area contributed by atoms with E-state index in [9.17, 15) is 4.79 Å². The molecule has 0 aromatic heterocycles. The number of anilines is 2. The molecule has 0 bridgehead atoms. The van der Waals surface area contributed by atoms with Gasteiger partial charge in [-0.15, -0.1) is 0 Å². The van der Waals surface area contributed by atoms with Crippen molar-refractivity contribution in [1.82, 2.24) is 0 Å². The minimum Gasteiger partial charge on any atom is -0.490 e. The van der Waals surface area contributed by atoms with E-state index in [1.807, 2.05) is 25.2 Å². The van der Waals surface area contributed by atoms with Gasteiger partial charge in [-0.3, -0.25) is 4.79 Å². The summed E-state index contributed by atoms with van der Waals surface area (Å²) in [6.45, 7) is 1.57. The van der Waals surface area contributed by atoms with Gasteiger partial charge in [-0.25, -0.2) is 0 Å². The molecule has 1 heterocycles. The number of carbonyl (C=O) groups is 1. The summed E-state index contributed by atoms with van der Waals surface area (Å²) < 4.78 is 5.60. The third-order valence-electron chi connectivity index (χ3n) is 4.50. The Labute approximate surface area is 125 Å². The first-order valence-electron chi connectivity index (χ1n) is 7.67. The van der Waals surface area contributed by atoms with Crippen LogP contribution in [-0.4, -0.2) is 32.1 Å². The summed E-state index contributed by atoms with van der Waals surface area (Å²) in [5.74, 6) is 1.25. The first-order chi connectivity index (χ1) is 10.1. The lowest BCUT2D eigenvalue weighted by molar-refractivity contribution is -0.117. The lowest BCUT2D eigenvalue weighted by Gasteiger charge is -2.28. The molecule has 3 rings (SSSR count). The van der Waals surface area contributed by atoms with Gasteiger partial charge in [0.15, 0.2) is 0 Å². The van der Waals surface area contributed by atoms with E-state index in [4.69, 9.17) is 10.5 Å². The number of ether oxygens (including phenoxy) is 1. The minimum absolute atomic E-state index is 0.0525. The molecule has 114 valence electrons. The van der Waals surface area contributed by atoms with E-state index < -0.39 is 0 Å². The van der Waals surface area contributed by atoms with Gasteiger partial charge in [-0.05, 0) is 37.0 Å². The largest absolute Gasteiger partial charge is 0.490 e. The number of benzene rings is 1. The number of amides is 1. The van der Waals surface area contributed by atoms with Gasteiger partial charge >= 0.3 is 0 Å². The molecule has 0 unspecified atom stereocenters. The number of nitrogens with one attached hydrogen (secondary N) is 1. The molecule has 21 heavy (non-hydrogen) atoms. The SMILES string of the molecule is CN1CCOc2ccc(NC(=O)C[C@@H]3CCC[C@H]3N)cc21. The Morgan fingerprint density at radius 1 is 1.48 bits per heavy atom. The van der Waals surface area contributed by atoms with Crippen molar-refractivity contribution in [2.75, 3.05) is 30.4 Å². The van der Waals surface area contributed by atoms with Crippen LogP contribution in [0.15, 0.2) is 18.2 Å². The molecule has 1 aromatic carbocycles. The second kappa shape index (κ2) is 5.93. The Bertz CT molecular complexity index is 532. The average molecular weight is 289 g/mol. The van der Waals surface area contributed by atoms with Crippen LogP contribution in [0.3, 0.4) is 0 Å². The molecule has 3 N–H and O–H groups in total. The highest BCUT2D eigenvalue weighted by atomic mass is 16.5. The van der Waals surface area contributed by atoms with Crippen LogP contribution < -0.4 is 20.7 Å². The highest BCUT2D eigenvalue weighted by molar-refractivity contribution is 5.91. The zero-order chi connectivity index (χ0) is 14.8. The molecule has 1 aromatic rings. The van der Waals surface area contributed by atoms with Gasteiger partial charge < -0.3 is 20.7 Å². The van der Waals surface area contributed by atoms with Gasteiger partial charge in [-0.1, -0.05) is 6.42 Å². The van der Waals surface area contributed by atoms with E-state index in [-0.39, 0.29) is 11.9 Å². The molecule has 2 aliphatic rings. The van der Waals surface area contributed by atoms with Gasteiger partial charge in [0.1, 0.15) is 12.4 Å². The lowest BCUT2D eigenvalue weighted by Crippen LogP contribution is -2.29. The molecule has 1 aliphatic heterocycles. The van der Waals surface area contributed by atoms with Crippen LogP contribution in [0.1, 0.15) is 25.7 Å². The predicted octanol–water partition coefficient (Wildman–Crippen LogP) is 1.97. The first kappa shape index (κ1) is 14.2. The predicted molar refractivity (Wildman–Crippen MR) is 83.8 cm³/mol. The summed E-state index contributed by atoms with van der Waals surface area (Å²) in [5.41, 5.74) is 7.87. The normalized spacial score (nSPS) is 24.4. The van der Waals surface area contributed by atoms with Crippen molar-refractivity contribution >= 4 is 17.3 Å². The number of nitrogens with two attached hydrogens (primary N) is 1. The average Bonchev–Trinajstić information content (AvgIpc) is 2.85. The van der Waals surface area contributed by atoms with Gasteiger partial charge in [0.25, 0.3) is 0 Å². The Hall–Kier alpha value is -1.75. The molecule has 0 spiro atoms. The Balaban J connectivity index is 1.64. The standard InChI is InChI=1S/C16H23N3O2/c1-19-7-8-21-15-6-5-12(10-14(15)19)18-16(20)9-11-3-2-4-13(11)17/h5-6,10-11,13H,2-4,7-9,17H2,1H3,(H,18,20)/t11-,13+/m0/s1. The molecular formula is C16H23N3O2. The first-order valence-corrected chi connectivity index (χ1v) is 7.67. The van der Waals surface area contributed by atoms with Crippen molar-refractivity contribution < 1.29 is 9.53 Å². The molecule has 1 aliphatic carbocycles.